The minimum atomic E-state index is 0.805. The minimum absolute atomic E-state index is 0.805. The molecule has 0 atom stereocenters. The van der Waals surface area contributed by atoms with Gasteiger partial charge in [0.05, 0.1) is 7.11 Å². The van der Waals surface area contributed by atoms with Crippen molar-refractivity contribution in [2.75, 3.05) is 25.1 Å². The highest BCUT2D eigenvalue weighted by Crippen LogP contribution is 2.25. The zero-order chi connectivity index (χ0) is 16.9. The van der Waals surface area contributed by atoms with Gasteiger partial charge in [0.1, 0.15) is 17.1 Å². The summed E-state index contributed by atoms with van der Waals surface area (Å²) in [6, 6.07) is 16.5. The number of ether oxygens (including phenoxy) is 1. The topological polar surface area (TPSA) is 25.6 Å². The fourth-order valence-corrected chi connectivity index (χ4v) is 2.80. The molecule has 3 rings (SSSR count). The summed E-state index contributed by atoms with van der Waals surface area (Å²) in [5.74, 6) is 1.64. The second kappa shape index (κ2) is 7.26. The third kappa shape index (κ3) is 3.46. The lowest BCUT2D eigenvalue weighted by atomic mass is 10.1. The molecule has 1 heterocycles. The van der Waals surface area contributed by atoms with Crippen molar-refractivity contribution in [3.05, 3.63) is 59.9 Å². The first-order valence-electron chi connectivity index (χ1n) is 8.34. The molecule has 0 aliphatic heterocycles. The van der Waals surface area contributed by atoms with Gasteiger partial charge in [-0.2, -0.15) is 0 Å². The highest BCUT2D eigenvalue weighted by molar-refractivity contribution is 5.83. The summed E-state index contributed by atoms with van der Waals surface area (Å²) in [5.41, 5.74) is 3.25. The molecule has 0 unspecified atom stereocenters. The zero-order valence-electron chi connectivity index (χ0n) is 14.5. The molecule has 3 aromatic rings. The van der Waals surface area contributed by atoms with Gasteiger partial charge in [0.15, 0.2) is 0 Å². The fraction of sp³-hybridized carbons (Fsp3) is 0.238. The van der Waals surface area contributed by atoms with Crippen LogP contribution in [0.1, 0.15) is 25.2 Å². The van der Waals surface area contributed by atoms with Gasteiger partial charge in [-0.05, 0) is 55.8 Å². The Kier molecular flexibility index (Phi) is 4.90. The van der Waals surface area contributed by atoms with Gasteiger partial charge in [0.25, 0.3) is 0 Å². The molecule has 0 saturated carbocycles. The van der Waals surface area contributed by atoms with E-state index in [2.05, 4.69) is 49.1 Å². The van der Waals surface area contributed by atoms with Crippen molar-refractivity contribution in [2.24, 2.45) is 0 Å². The lowest BCUT2D eigenvalue weighted by molar-refractivity contribution is 0.414. The number of benzene rings is 2. The van der Waals surface area contributed by atoms with Gasteiger partial charge in [0.2, 0.25) is 0 Å². The monoisotopic (exact) mass is 321 g/mol. The molecular weight excluding hydrogens is 298 g/mol. The van der Waals surface area contributed by atoms with Crippen molar-refractivity contribution in [3.63, 3.8) is 0 Å². The molecule has 2 aromatic carbocycles. The van der Waals surface area contributed by atoms with E-state index in [0.717, 1.165) is 41.1 Å². The van der Waals surface area contributed by atoms with Crippen LogP contribution < -0.4 is 9.64 Å². The van der Waals surface area contributed by atoms with E-state index in [1.165, 1.54) is 5.69 Å². The van der Waals surface area contributed by atoms with Crippen molar-refractivity contribution < 1.29 is 9.15 Å². The van der Waals surface area contributed by atoms with Crippen LogP contribution in [0.3, 0.4) is 0 Å². The molecule has 0 aliphatic carbocycles. The van der Waals surface area contributed by atoms with Crippen molar-refractivity contribution in [1.29, 1.82) is 0 Å². The van der Waals surface area contributed by atoms with E-state index < -0.39 is 0 Å². The molecule has 0 saturated heterocycles. The van der Waals surface area contributed by atoms with Gasteiger partial charge in [-0.15, -0.1) is 0 Å². The zero-order valence-corrected chi connectivity index (χ0v) is 14.5. The van der Waals surface area contributed by atoms with E-state index in [4.69, 9.17) is 9.15 Å². The number of nitrogens with zero attached hydrogens (tertiary/aromatic N) is 1. The Bertz CT molecular complexity index is 827. The van der Waals surface area contributed by atoms with Crippen molar-refractivity contribution in [2.45, 2.75) is 13.8 Å². The molecule has 3 nitrogen and oxygen atoms in total. The number of fused-ring (bicyclic) bond motifs is 1. The Hall–Kier alpha value is -2.68. The summed E-state index contributed by atoms with van der Waals surface area (Å²) in [4.78, 5) is 2.33. The first-order chi connectivity index (χ1) is 11.7. The fourth-order valence-electron chi connectivity index (χ4n) is 2.80. The van der Waals surface area contributed by atoms with Gasteiger partial charge >= 0.3 is 0 Å². The normalized spacial score (nSPS) is 11.3. The van der Waals surface area contributed by atoms with Gasteiger partial charge in [-0.1, -0.05) is 18.2 Å². The Morgan fingerprint density at radius 1 is 0.958 bits per heavy atom. The SMILES string of the molecule is CCN(CC)c1ccc(/C=C/c2cc3ccc(OC)cc3o2)cc1. The average Bonchev–Trinajstić information content (AvgIpc) is 3.04. The summed E-state index contributed by atoms with van der Waals surface area (Å²) in [6.45, 7) is 6.39. The molecule has 0 N–H and O–H groups in total. The summed E-state index contributed by atoms with van der Waals surface area (Å²) in [5, 5.41) is 1.08. The molecule has 0 fully saturated rings. The van der Waals surface area contributed by atoms with Crippen LogP contribution in [0.15, 0.2) is 52.9 Å². The van der Waals surface area contributed by atoms with Crippen LogP contribution in [-0.4, -0.2) is 20.2 Å². The Balaban J connectivity index is 1.77. The lowest BCUT2D eigenvalue weighted by Crippen LogP contribution is -2.21. The maximum atomic E-state index is 5.85. The first-order valence-corrected chi connectivity index (χ1v) is 8.34. The van der Waals surface area contributed by atoms with E-state index in [0.29, 0.717) is 0 Å². The molecular formula is C21H23NO2. The van der Waals surface area contributed by atoms with Gasteiger partial charge in [0, 0.05) is 30.2 Å². The lowest BCUT2D eigenvalue weighted by Gasteiger charge is -2.20. The molecule has 1 aromatic heterocycles. The third-order valence-electron chi connectivity index (χ3n) is 4.21. The second-order valence-corrected chi connectivity index (χ2v) is 5.65. The predicted molar refractivity (Wildman–Crippen MR) is 102 cm³/mol. The van der Waals surface area contributed by atoms with E-state index in [-0.39, 0.29) is 0 Å². The molecule has 0 spiro atoms. The highest BCUT2D eigenvalue weighted by atomic mass is 16.5. The largest absolute Gasteiger partial charge is 0.497 e. The smallest absolute Gasteiger partial charge is 0.138 e. The van der Waals surface area contributed by atoms with Gasteiger partial charge in [-0.3, -0.25) is 0 Å². The Morgan fingerprint density at radius 3 is 2.38 bits per heavy atom. The standard InChI is InChI=1S/C21H23NO2/c1-4-22(5-2)18-10-6-16(7-11-18)8-12-20-14-17-9-13-19(23-3)15-21(17)24-20/h6-15H,4-5H2,1-3H3/b12-8+. The van der Waals surface area contributed by atoms with Crippen LogP contribution in [0, 0.1) is 0 Å². The van der Waals surface area contributed by atoms with Crippen LogP contribution in [0.2, 0.25) is 0 Å². The highest BCUT2D eigenvalue weighted by Gasteiger charge is 2.03. The number of furan rings is 1. The molecule has 0 bridgehead atoms. The maximum absolute atomic E-state index is 5.85. The number of anilines is 1. The maximum Gasteiger partial charge on any atom is 0.138 e. The first kappa shape index (κ1) is 16.2. The van der Waals surface area contributed by atoms with E-state index in [1.807, 2.05) is 30.3 Å². The van der Waals surface area contributed by atoms with Crippen LogP contribution in [0.25, 0.3) is 23.1 Å². The van der Waals surface area contributed by atoms with Crippen LogP contribution in [0.4, 0.5) is 5.69 Å². The Labute approximate surface area is 143 Å². The second-order valence-electron chi connectivity index (χ2n) is 5.65. The van der Waals surface area contributed by atoms with Crippen LogP contribution in [0.5, 0.6) is 5.75 Å². The van der Waals surface area contributed by atoms with E-state index in [1.54, 1.807) is 7.11 Å². The summed E-state index contributed by atoms with van der Waals surface area (Å²) in [6.07, 6.45) is 4.07. The molecule has 3 heteroatoms. The number of rotatable bonds is 6. The quantitative estimate of drug-likeness (QED) is 0.603. The molecule has 124 valence electrons. The number of hydrogen-bond donors (Lipinski definition) is 0. The molecule has 0 radical (unpaired) electrons. The van der Waals surface area contributed by atoms with Crippen molar-refractivity contribution in [1.82, 2.24) is 0 Å². The van der Waals surface area contributed by atoms with Crippen LogP contribution >= 0.6 is 0 Å². The molecule has 24 heavy (non-hydrogen) atoms. The summed E-state index contributed by atoms with van der Waals surface area (Å²) in [7, 11) is 1.66. The van der Waals surface area contributed by atoms with Crippen LogP contribution in [-0.2, 0) is 0 Å². The number of hydrogen-bond acceptors (Lipinski definition) is 3. The van der Waals surface area contributed by atoms with Gasteiger partial charge < -0.3 is 14.1 Å². The Morgan fingerprint density at radius 2 is 1.71 bits per heavy atom. The summed E-state index contributed by atoms with van der Waals surface area (Å²) >= 11 is 0. The van der Waals surface area contributed by atoms with Gasteiger partial charge in [-0.25, -0.2) is 0 Å². The minimum Gasteiger partial charge on any atom is -0.497 e. The van der Waals surface area contributed by atoms with Crippen molar-refractivity contribution in [3.8, 4) is 5.75 Å². The third-order valence-corrected chi connectivity index (χ3v) is 4.21. The van der Waals surface area contributed by atoms with Crippen molar-refractivity contribution >= 4 is 28.8 Å². The number of methoxy groups -OCH3 is 1. The predicted octanol–water partition coefficient (Wildman–Crippen LogP) is 5.46. The molecule has 0 amide bonds. The van der Waals surface area contributed by atoms with E-state index >= 15 is 0 Å². The van der Waals surface area contributed by atoms with E-state index in [9.17, 15) is 0 Å². The molecule has 0 aliphatic rings. The summed E-state index contributed by atoms with van der Waals surface area (Å²) < 4.78 is 11.1. The average molecular weight is 321 g/mol.